The van der Waals surface area contributed by atoms with E-state index < -0.39 is 0 Å². The van der Waals surface area contributed by atoms with Gasteiger partial charge in [-0.15, -0.1) is 0 Å². The fourth-order valence-electron chi connectivity index (χ4n) is 0.313. The first kappa shape index (κ1) is 6.96. The molecule has 0 aromatic carbocycles. The Morgan fingerprint density at radius 1 is 1.57 bits per heavy atom. The summed E-state index contributed by atoms with van der Waals surface area (Å²) in [5.74, 6) is 0. The van der Waals surface area contributed by atoms with Crippen molar-refractivity contribution < 1.29 is 0 Å². The summed E-state index contributed by atoms with van der Waals surface area (Å²) >= 11 is 3.20. The molecule has 0 unspecified atom stereocenters. The summed E-state index contributed by atoms with van der Waals surface area (Å²) in [6.07, 6.45) is 1.97. The lowest BCUT2D eigenvalue weighted by Crippen LogP contribution is -1.60. The van der Waals surface area contributed by atoms with Crippen LogP contribution in [0.5, 0.6) is 0 Å². The molecule has 0 rings (SSSR count). The van der Waals surface area contributed by atoms with Crippen molar-refractivity contribution in [3.63, 3.8) is 0 Å². The minimum atomic E-state index is 0.938. The highest BCUT2D eigenvalue weighted by molar-refractivity contribution is 9.11. The normalized spacial score (nSPS) is 7.86. The highest BCUT2D eigenvalue weighted by atomic mass is 79.9. The van der Waals surface area contributed by atoms with Crippen LogP contribution in [-0.4, -0.2) is 0 Å². The van der Waals surface area contributed by atoms with Gasteiger partial charge in [0.2, 0.25) is 0 Å². The van der Waals surface area contributed by atoms with Gasteiger partial charge >= 0.3 is 0 Å². The Balaban J connectivity index is 3.68. The van der Waals surface area contributed by atoms with E-state index in [9.17, 15) is 0 Å². The molecule has 0 spiro atoms. The topological polar surface area (TPSA) is 0 Å². The van der Waals surface area contributed by atoms with Gasteiger partial charge in [0.15, 0.2) is 0 Å². The summed E-state index contributed by atoms with van der Waals surface area (Å²) in [6.45, 7) is 7.70. The van der Waals surface area contributed by atoms with Crippen molar-refractivity contribution in [3.8, 4) is 0 Å². The quantitative estimate of drug-likeness (QED) is 0.518. The van der Waals surface area contributed by atoms with Crippen molar-refractivity contribution in [2.24, 2.45) is 0 Å². The molecule has 0 aromatic rings. The monoisotopic (exact) mass is 160 g/mol. The van der Waals surface area contributed by atoms with Crippen molar-refractivity contribution >= 4 is 15.9 Å². The van der Waals surface area contributed by atoms with Gasteiger partial charge in [0, 0.05) is 4.48 Å². The smallest absolute Gasteiger partial charge is 0.0102 e. The zero-order valence-corrected chi connectivity index (χ0v) is 6.25. The summed E-state index contributed by atoms with van der Waals surface area (Å²) in [6, 6.07) is 0. The van der Waals surface area contributed by atoms with Crippen LogP contribution in [-0.2, 0) is 0 Å². The van der Waals surface area contributed by atoms with Crippen molar-refractivity contribution in [1.29, 1.82) is 0 Å². The van der Waals surface area contributed by atoms with E-state index in [1.165, 1.54) is 5.57 Å². The fourth-order valence-corrected chi connectivity index (χ4v) is 0.771. The Hall–Kier alpha value is -0.0400. The number of rotatable bonds is 1. The fraction of sp³-hybridized carbons (Fsp3) is 0.333. The molecule has 7 heavy (non-hydrogen) atoms. The molecule has 0 aliphatic carbocycles. The molecule has 0 heterocycles. The van der Waals surface area contributed by atoms with Crippen molar-refractivity contribution in [1.82, 2.24) is 0 Å². The van der Waals surface area contributed by atoms with E-state index in [0.29, 0.717) is 0 Å². The van der Waals surface area contributed by atoms with Crippen LogP contribution in [0.25, 0.3) is 0 Å². The molecule has 0 N–H and O–H groups in total. The summed E-state index contributed by atoms with van der Waals surface area (Å²) in [4.78, 5) is 0. The van der Waals surface area contributed by atoms with Crippen LogP contribution in [0.15, 0.2) is 22.7 Å². The molecule has 40 valence electrons. The molecule has 0 bridgehead atoms. The third-order valence-corrected chi connectivity index (χ3v) is 0.674. The zero-order chi connectivity index (χ0) is 5.86. The Bertz CT molecular complexity index is 96.7. The molecule has 0 amide bonds. The number of allylic oxidation sites excluding steroid dienone is 3. The molecule has 0 saturated carbocycles. The van der Waals surface area contributed by atoms with E-state index in [4.69, 9.17) is 0 Å². The number of hydrogen-bond donors (Lipinski definition) is 0. The van der Waals surface area contributed by atoms with Gasteiger partial charge in [-0.1, -0.05) is 28.1 Å². The van der Waals surface area contributed by atoms with E-state index in [1.54, 1.807) is 0 Å². The van der Waals surface area contributed by atoms with Crippen LogP contribution < -0.4 is 0 Å². The number of halogens is 1. The van der Waals surface area contributed by atoms with Gasteiger partial charge in [-0.05, 0) is 19.9 Å². The molecule has 0 radical (unpaired) electrons. The highest BCUT2D eigenvalue weighted by Gasteiger charge is 1.75. The standard InChI is InChI=1S/C6H9Br/c1-5(2)4-6(3)7/h4H,3H2,1-2H3. The van der Waals surface area contributed by atoms with E-state index in [1.807, 2.05) is 19.9 Å². The predicted molar refractivity (Wildman–Crippen MR) is 37.5 cm³/mol. The first-order valence-corrected chi connectivity index (χ1v) is 2.91. The second kappa shape index (κ2) is 3.03. The molecule has 0 atom stereocenters. The van der Waals surface area contributed by atoms with E-state index >= 15 is 0 Å². The predicted octanol–water partition coefficient (Wildman–Crippen LogP) is 2.86. The van der Waals surface area contributed by atoms with Crippen molar-refractivity contribution in [2.45, 2.75) is 13.8 Å². The van der Waals surface area contributed by atoms with Crippen molar-refractivity contribution in [2.75, 3.05) is 0 Å². The molecule has 0 aliphatic rings. The van der Waals surface area contributed by atoms with Gasteiger partial charge in [-0.3, -0.25) is 0 Å². The van der Waals surface area contributed by atoms with Gasteiger partial charge in [0.05, 0.1) is 0 Å². The Kier molecular flexibility index (Phi) is 3.01. The second-order valence-electron chi connectivity index (χ2n) is 1.67. The first-order chi connectivity index (χ1) is 3.13. The molecule has 0 saturated heterocycles. The third-order valence-electron chi connectivity index (χ3n) is 0.445. The SMILES string of the molecule is C=C(Br)C=C(C)C. The largest absolute Gasteiger partial charge is 0.0847 e. The first-order valence-electron chi connectivity index (χ1n) is 2.12. The minimum Gasteiger partial charge on any atom is -0.0847 e. The molecule has 0 aromatic heterocycles. The van der Waals surface area contributed by atoms with Gasteiger partial charge in [-0.25, -0.2) is 0 Å². The van der Waals surface area contributed by atoms with E-state index in [2.05, 4.69) is 22.5 Å². The molecular weight excluding hydrogens is 152 g/mol. The zero-order valence-electron chi connectivity index (χ0n) is 4.66. The lowest BCUT2D eigenvalue weighted by atomic mass is 10.3. The van der Waals surface area contributed by atoms with E-state index in [-0.39, 0.29) is 0 Å². The second-order valence-corrected chi connectivity index (χ2v) is 2.69. The summed E-state index contributed by atoms with van der Waals surface area (Å²) < 4.78 is 0.938. The molecule has 0 nitrogen and oxygen atoms in total. The van der Waals surface area contributed by atoms with Crippen LogP contribution in [0.4, 0.5) is 0 Å². The molecule has 0 fully saturated rings. The molecule has 1 heteroatoms. The summed E-state index contributed by atoms with van der Waals surface area (Å²) in [5.41, 5.74) is 1.27. The highest BCUT2D eigenvalue weighted by Crippen LogP contribution is 2.04. The van der Waals surface area contributed by atoms with Gasteiger partial charge in [0.25, 0.3) is 0 Å². The van der Waals surface area contributed by atoms with Gasteiger partial charge in [0.1, 0.15) is 0 Å². The maximum atomic E-state index is 3.64. The lowest BCUT2D eigenvalue weighted by Gasteiger charge is -1.83. The van der Waals surface area contributed by atoms with Gasteiger partial charge < -0.3 is 0 Å². The summed E-state index contributed by atoms with van der Waals surface area (Å²) in [5, 5.41) is 0. The van der Waals surface area contributed by atoms with Crippen LogP contribution in [0.3, 0.4) is 0 Å². The number of hydrogen-bond acceptors (Lipinski definition) is 0. The van der Waals surface area contributed by atoms with Crippen LogP contribution in [0, 0.1) is 0 Å². The average molecular weight is 161 g/mol. The Morgan fingerprint density at radius 2 is 2.00 bits per heavy atom. The maximum absolute atomic E-state index is 3.64. The van der Waals surface area contributed by atoms with E-state index in [0.717, 1.165) is 4.48 Å². The van der Waals surface area contributed by atoms with Gasteiger partial charge in [-0.2, -0.15) is 0 Å². The third kappa shape index (κ3) is 5.96. The Labute approximate surface area is 53.1 Å². The summed E-state index contributed by atoms with van der Waals surface area (Å²) in [7, 11) is 0. The lowest BCUT2D eigenvalue weighted by molar-refractivity contribution is 1.39. The van der Waals surface area contributed by atoms with Crippen LogP contribution in [0.2, 0.25) is 0 Å². The minimum absolute atomic E-state index is 0.938. The average Bonchev–Trinajstić information content (AvgIpc) is 1.27. The molecule has 0 aliphatic heterocycles. The maximum Gasteiger partial charge on any atom is 0.0102 e. The Morgan fingerprint density at radius 3 is 2.00 bits per heavy atom. The van der Waals surface area contributed by atoms with Crippen LogP contribution >= 0.6 is 15.9 Å². The van der Waals surface area contributed by atoms with Crippen LogP contribution in [0.1, 0.15) is 13.8 Å². The van der Waals surface area contributed by atoms with Crippen molar-refractivity contribution in [3.05, 3.63) is 22.7 Å². The molecular formula is C6H9Br.